The topological polar surface area (TPSA) is 108 Å². The van der Waals surface area contributed by atoms with Crippen LogP contribution in [0.3, 0.4) is 0 Å². The first-order valence-corrected chi connectivity index (χ1v) is 10.2. The summed E-state index contributed by atoms with van der Waals surface area (Å²) >= 11 is 0. The highest BCUT2D eigenvalue weighted by Crippen LogP contribution is 2.26. The quantitative estimate of drug-likeness (QED) is 0.444. The number of carbonyl (C=O) groups is 1. The van der Waals surface area contributed by atoms with Crippen LogP contribution in [-0.4, -0.2) is 30.2 Å². The average molecular weight is 446 g/mol. The second-order valence-electron chi connectivity index (χ2n) is 7.74. The first kappa shape index (κ1) is 20.6. The Hall–Kier alpha value is -4.34. The molecule has 9 nitrogen and oxygen atoms in total. The predicted molar refractivity (Wildman–Crippen MR) is 119 cm³/mol. The van der Waals surface area contributed by atoms with Crippen LogP contribution in [-0.2, 0) is 17.9 Å². The Morgan fingerprint density at radius 1 is 1.18 bits per heavy atom. The molecule has 1 amide bonds. The van der Waals surface area contributed by atoms with Gasteiger partial charge in [-0.3, -0.25) is 14.2 Å². The van der Waals surface area contributed by atoms with E-state index >= 15 is 0 Å². The number of aryl methyl sites for hydroxylation is 2. The maximum atomic E-state index is 14.0. The van der Waals surface area contributed by atoms with Gasteiger partial charge in [-0.1, -0.05) is 28.9 Å². The van der Waals surface area contributed by atoms with Crippen LogP contribution < -0.4 is 10.9 Å². The lowest BCUT2D eigenvalue weighted by Crippen LogP contribution is -2.25. The molecule has 0 fully saturated rings. The van der Waals surface area contributed by atoms with Crippen molar-refractivity contribution in [3.63, 3.8) is 0 Å². The molecule has 5 rings (SSSR count). The fraction of sp³-hybridized carbons (Fsp3) is 0.174. The maximum absolute atomic E-state index is 14.0. The van der Waals surface area contributed by atoms with E-state index in [1.807, 2.05) is 25.1 Å². The molecule has 2 aromatic carbocycles. The van der Waals surface area contributed by atoms with Gasteiger partial charge >= 0.3 is 0 Å². The third-order valence-corrected chi connectivity index (χ3v) is 5.31. The van der Waals surface area contributed by atoms with Crippen LogP contribution in [0.4, 0.5) is 10.1 Å². The number of rotatable bonds is 5. The summed E-state index contributed by atoms with van der Waals surface area (Å²) in [5.41, 5.74) is 2.12. The number of nitrogens with one attached hydrogen (secondary N) is 1. The Labute approximate surface area is 186 Å². The Bertz CT molecular complexity index is 1580. The minimum atomic E-state index is -0.539. The van der Waals surface area contributed by atoms with Crippen LogP contribution >= 0.6 is 0 Å². The second-order valence-corrected chi connectivity index (χ2v) is 7.74. The van der Waals surface area contributed by atoms with Gasteiger partial charge < -0.3 is 14.4 Å². The van der Waals surface area contributed by atoms with Gasteiger partial charge in [-0.2, -0.15) is 4.98 Å². The van der Waals surface area contributed by atoms with E-state index in [9.17, 15) is 14.0 Å². The number of anilines is 1. The number of halogens is 1. The summed E-state index contributed by atoms with van der Waals surface area (Å²) in [6.07, 6.45) is 1.43. The van der Waals surface area contributed by atoms with Crippen molar-refractivity contribution >= 4 is 33.5 Å². The fourth-order valence-electron chi connectivity index (χ4n) is 3.84. The number of nitrogens with zero attached hydrogens (tertiary/aromatic N) is 5. The summed E-state index contributed by atoms with van der Waals surface area (Å²) < 4.78 is 22.1. The maximum Gasteiger partial charge on any atom is 0.278 e. The van der Waals surface area contributed by atoms with Crippen molar-refractivity contribution in [3.8, 4) is 0 Å². The normalized spacial score (nSPS) is 11.4. The minimum Gasteiger partial charge on any atom is -0.337 e. The standard InChI is InChI=1S/C23H19FN6O3/c1-13-7-8-18-15(9-13)21-22(23(32)29(12-25-21)11-20-26-14(2)28-33-20)30(18)10-19(31)27-17-6-4-3-5-16(17)24/h3-9,12H,10-11H2,1-2H3,(H,27,31). The van der Waals surface area contributed by atoms with E-state index in [1.165, 1.54) is 23.0 Å². The first-order valence-electron chi connectivity index (χ1n) is 10.2. The average Bonchev–Trinajstić information content (AvgIpc) is 3.33. The molecule has 0 atom stereocenters. The smallest absolute Gasteiger partial charge is 0.278 e. The predicted octanol–water partition coefficient (Wildman–Crippen LogP) is 3.18. The Balaban J connectivity index is 1.62. The van der Waals surface area contributed by atoms with Crippen molar-refractivity contribution < 1.29 is 13.7 Å². The van der Waals surface area contributed by atoms with Crippen molar-refractivity contribution in [2.45, 2.75) is 26.9 Å². The van der Waals surface area contributed by atoms with Crippen molar-refractivity contribution in [3.05, 3.63) is 82.2 Å². The molecule has 0 unspecified atom stereocenters. The van der Waals surface area contributed by atoms with E-state index in [4.69, 9.17) is 4.52 Å². The number of para-hydroxylation sites is 1. The van der Waals surface area contributed by atoms with Gasteiger partial charge in [0.05, 0.1) is 17.5 Å². The Morgan fingerprint density at radius 3 is 2.76 bits per heavy atom. The number of fused-ring (bicyclic) bond motifs is 3. The highest BCUT2D eigenvalue weighted by atomic mass is 19.1. The van der Waals surface area contributed by atoms with Crippen molar-refractivity contribution in [2.24, 2.45) is 0 Å². The lowest BCUT2D eigenvalue weighted by Gasteiger charge is -2.10. The largest absolute Gasteiger partial charge is 0.337 e. The molecule has 3 aromatic heterocycles. The number of benzene rings is 2. The van der Waals surface area contributed by atoms with E-state index in [0.29, 0.717) is 16.9 Å². The number of hydrogen-bond acceptors (Lipinski definition) is 6. The third-order valence-electron chi connectivity index (χ3n) is 5.31. The van der Waals surface area contributed by atoms with E-state index in [0.717, 1.165) is 10.9 Å². The molecule has 1 N–H and O–H groups in total. The lowest BCUT2D eigenvalue weighted by atomic mass is 10.1. The van der Waals surface area contributed by atoms with Crippen molar-refractivity contribution in [2.75, 3.05) is 5.32 Å². The number of aromatic nitrogens is 5. The molecular weight excluding hydrogens is 427 g/mol. The third kappa shape index (κ3) is 3.75. The van der Waals surface area contributed by atoms with Gasteiger partial charge in [-0.25, -0.2) is 9.37 Å². The molecule has 0 bridgehead atoms. The molecule has 33 heavy (non-hydrogen) atoms. The Kier molecular flexibility index (Phi) is 4.97. The molecule has 0 spiro atoms. The van der Waals surface area contributed by atoms with E-state index in [-0.39, 0.29) is 35.7 Å². The summed E-state index contributed by atoms with van der Waals surface area (Å²) in [5, 5.41) is 7.06. The molecule has 0 radical (unpaired) electrons. The summed E-state index contributed by atoms with van der Waals surface area (Å²) in [6.45, 7) is 3.47. The number of hydrogen-bond donors (Lipinski definition) is 1. The van der Waals surface area contributed by atoms with E-state index in [1.54, 1.807) is 23.6 Å². The highest BCUT2D eigenvalue weighted by Gasteiger charge is 2.20. The molecule has 5 aromatic rings. The van der Waals surface area contributed by atoms with Crippen LogP contribution in [0.25, 0.3) is 21.9 Å². The number of amides is 1. The summed E-state index contributed by atoms with van der Waals surface area (Å²) in [5.74, 6) is -0.280. The molecule has 0 aliphatic heterocycles. The van der Waals surface area contributed by atoms with Gasteiger partial charge in [0.15, 0.2) is 5.82 Å². The van der Waals surface area contributed by atoms with Gasteiger partial charge in [-0.15, -0.1) is 0 Å². The van der Waals surface area contributed by atoms with Gasteiger partial charge in [0.25, 0.3) is 5.56 Å². The molecular formula is C23H19FN6O3. The Morgan fingerprint density at radius 2 is 2.00 bits per heavy atom. The van der Waals surface area contributed by atoms with Crippen LogP contribution in [0.2, 0.25) is 0 Å². The summed E-state index contributed by atoms with van der Waals surface area (Å²) in [6, 6.07) is 11.6. The summed E-state index contributed by atoms with van der Waals surface area (Å²) in [4.78, 5) is 34.9. The van der Waals surface area contributed by atoms with Gasteiger partial charge in [0.2, 0.25) is 11.8 Å². The zero-order chi connectivity index (χ0) is 23.1. The van der Waals surface area contributed by atoms with Crippen LogP contribution in [0, 0.1) is 19.7 Å². The molecule has 0 aliphatic carbocycles. The van der Waals surface area contributed by atoms with Gasteiger partial charge in [0, 0.05) is 5.39 Å². The lowest BCUT2D eigenvalue weighted by molar-refractivity contribution is -0.116. The molecule has 166 valence electrons. The van der Waals surface area contributed by atoms with Gasteiger partial charge in [-0.05, 0) is 38.1 Å². The van der Waals surface area contributed by atoms with E-state index < -0.39 is 11.7 Å². The van der Waals surface area contributed by atoms with Crippen molar-refractivity contribution in [1.29, 1.82) is 0 Å². The highest BCUT2D eigenvalue weighted by molar-refractivity contribution is 6.06. The van der Waals surface area contributed by atoms with Crippen LogP contribution in [0.1, 0.15) is 17.3 Å². The molecule has 0 aliphatic rings. The van der Waals surface area contributed by atoms with E-state index in [2.05, 4.69) is 20.4 Å². The molecule has 10 heteroatoms. The molecule has 0 saturated heterocycles. The zero-order valence-electron chi connectivity index (χ0n) is 17.9. The number of carbonyl (C=O) groups excluding carboxylic acids is 1. The first-order chi connectivity index (χ1) is 15.9. The van der Waals surface area contributed by atoms with Gasteiger partial charge in [0.1, 0.15) is 29.9 Å². The SMILES string of the molecule is Cc1ccc2c(c1)c1ncn(Cc3nc(C)no3)c(=O)c1n2CC(=O)Nc1ccccc1F. The molecule has 0 saturated carbocycles. The monoisotopic (exact) mass is 446 g/mol. The minimum absolute atomic E-state index is 0.0462. The summed E-state index contributed by atoms with van der Waals surface area (Å²) in [7, 11) is 0. The van der Waals surface area contributed by atoms with Crippen molar-refractivity contribution in [1.82, 2.24) is 24.3 Å². The second kappa shape index (κ2) is 7.97. The molecule has 3 heterocycles. The fourth-order valence-corrected chi connectivity index (χ4v) is 3.84. The zero-order valence-corrected chi connectivity index (χ0v) is 17.9. The van der Waals surface area contributed by atoms with Crippen LogP contribution in [0.5, 0.6) is 0 Å². The van der Waals surface area contributed by atoms with Crippen LogP contribution in [0.15, 0.2) is 58.1 Å².